The molecule has 0 radical (unpaired) electrons. The first-order valence-corrected chi connectivity index (χ1v) is 9.29. The second-order valence-electron chi connectivity index (χ2n) is 5.91. The first kappa shape index (κ1) is 18.8. The molecule has 0 unspecified atom stereocenters. The van der Waals surface area contributed by atoms with Crippen molar-refractivity contribution < 1.29 is 24.1 Å². The van der Waals surface area contributed by atoms with Crippen LogP contribution in [0.15, 0.2) is 12.1 Å². The second kappa shape index (κ2) is 9.06. The Kier molecular flexibility index (Phi) is 7.09. The number of carbonyl (C=O) groups is 1. The Bertz CT molecular complexity index is 561. The van der Waals surface area contributed by atoms with Crippen LogP contribution >= 0.6 is 11.8 Å². The minimum absolute atomic E-state index is 0.136. The normalized spacial score (nSPS) is 21.0. The highest BCUT2D eigenvalue weighted by Gasteiger charge is 2.30. The van der Waals surface area contributed by atoms with Gasteiger partial charge in [-0.05, 0) is 24.8 Å². The fraction of sp³-hybridized carbons (Fsp3) is 0.611. The Balaban J connectivity index is 2.39. The van der Waals surface area contributed by atoms with Crippen molar-refractivity contribution in [2.45, 2.75) is 43.3 Å². The van der Waals surface area contributed by atoms with Gasteiger partial charge < -0.3 is 19.3 Å². The molecular weight excluding hydrogens is 328 g/mol. The highest BCUT2D eigenvalue weighted by atomic mass is 32.2. The zero-order chi connectivity index (χ0) is 17.5. The number of carboxylic acid groups (broad SMARTS) is 1. The van der Waals surface area contributed by atoms with Crippen LogP contribution in [0.3, 0.4) is 0 Å². The van der Waals surface area contributed by atoms with Crippen molar-refractivity contribution >= 4 is 17.7 Å². The van der Waals surface area contributed by atoms with E-state index in [4.69, 9.17) is 19.3 Å². The summed E-state index contributed by atoms with van der Waals surface area (Å²) >= 11 is 1.54. The van der Waals surface area contributed by atoms with Crippen LogP contribution in [0.25, 0.3) is 0 Å². The summed E-state index contributed by atoms with van der Waals surface area (Å²) in [5.74, 6) is 1.57. The van der Waals surface area contributed by atoms with Crippen LogP contribution in [0.5, 0.6) is 17.2 Å². The van der Waals surface area contributed by atoms with Gasteiger partial charge in [-0.25, -0.2) is 0 Å². The summed E-state index contributed by atoms with van der Waals surface area (Å²) in [6.07, 6.45) is 5.54. The predicted molar refractivity (Wildman–Crippen MR) is 95.8 cm³/mol. The van der Waals surface area contributed by atoms with Crippen LogP contribution in [0.1, 0.15) is 43.6 Å². The molecule has 0 amide bonds. The van der Waals surface area contributed by atoms with Crippen molar-refractivity contribution in [1.82, 2.24) is 0 Å². The average Bonchev–Trinajstić information content (AvgIpc) is 2.83. The number of rotatable bonds is 7. The lowest BCUT2D eigenvalue weighted by Crippen LogP contribution is -2.17. The number of hydrogen-bond donors (Lipinski definition) is 1. The number of aliphatic carboxylic acids is 1. The van der Waals surface area contributed by atoms with E-state index in [-0.39, 0.29) is 16.9 Å². The van der Waals surface area contributed by atoms with Gasteiger partial charge in [0.05, 0.1) is 27.1 Å². The molecule has 1 fully saturated rings. The molecule has 5 nitrogen and oxygen atoms in total. The number of carboxylic acids is 1. The van der Waals surface area contributed by atoms with Gasteiger partial charge >= 0.3 is 5.97 Å². The van der Waals surface area contributed by atoms with Gasteiger partial charge in [0.1, 0.15) is 0 Å². The van der Waals surface area contributed by atoms with Crippen molar-refractivity contribution in [2.24, 2.45) is 0 Å². The number of hydrogen-bond acceptors (Lipinski definition) is 5. The first-order chi connectivity index (χ1) is 11.6. The van der Waals surface area contributed by atoms with Crippen molar-refractivity contribution in [3.63, 3.8) is 0 Å². The monoisotopic (exact) mass is 354 g/mol. The summed E-state index contributed by atoms with van der Waals surface area (Å²) in [6, 6.07) is 3.94. The molecule has 2 rings (SSSR count). The maximum absolute atomic E-state index is 11.0. The highest BCUT2D eigenvalue weighted by Crippen LogP contribution is 2.48. The van der Waals surface area contributed by atoms with E-state index in [1.54, 1.807) is 21.3 Å². The number of thioether (sulfide) groups is 1. The van der Waals surface area contributed by atoms with Gasteiger partial charge in [0, 0.05) is 10.8 Å². The third kappa shape index (κ3) is 4.29. The minimum atomic E-state index is -0.762. The average molecular weight is 354 g/mol. The molecule has 6 heteroatoms. The standard InChI is InChI=1S/C18H26O5S/c1-21-14-10-9-13(17(22-2)18(14)23-3)12-7-5-4-6-8-15(12)24-11-16(19)20/h9-10,12,15H,4-8,11H2,1-3H3,(H,19,20)/t12-,15-/m0/s1. The maximum atomic E-state index is 11.0. The molecule has 0 bridgehead atoms. The van der Waals surface area contributed by atoms with Gasteiger partial charge in [0.25, 0.3) is 0 Å². The molecule has 1 aromatic carbocycles. The summed E-state index contributed by atoms with van der Waals surface area (Å²) in [4.78, 5) is 11.0. The Morgan fingerprint density at radius 3 is 2.42 bits per heavy atom. The molecule has 24 heavy (non-hydrogen) atoms. The molecule has 1 aromatic rings. The molecular formula is C18H26O5S. The summed E-state index contributed by atoms with van der Waals surface area (Å²) in [5.41, 5.74) is 1.08. The van der Waals surface area contributed by atoms with Gasteiger partial charge in [-0.2, -0.15) is 0 Å². The molecule has 0 saturated heterocycles. The summed E-state index contributed by atoms with van der Waals surface area (Å²) < 4.78 is 16.5. The lowest BCUT2D eigenvalue weighted by Gasteiger charge is -2.27. The molecule has 1 aliphatic carbocycles. The fourth-order valence-corrected chi connectivity index (χ4v) is 4.63. The molecule has 134 valence electrons. The first-order valence-electron chi connectivity index (χ1n) is 8.24. The van der Waals surface area contributed by atoms with Crippen LogP contribution in [0, 0.1) is 0 Å². The van der Waals surface area contributed by atoms with Crippen molar-refractivity contribution in [2.75, 3.05) is 27.1 Å². The third-order valence-electron chi connectivity index (χ3n) is 4.51. The predicted octanol–water partition coefficient (Wildman–Crippen LogP) is 3.95. The molecule has 2 atom stereocenters. The van der Waals surface area contributed by atoms with E-state index in [0.29, 0.717) is 17.2 Å². The Labute approximate surface area is 147 Å². The number of ether oxygens (including phenoxy) is 3. The van der Waals surface area contributed by atoms with Gasteiger partial charge in [-0.15, -0.1) is 11.8 Å². The van der Waals surface area contributed by atoms with Crippen LogP contribution in [-0.4, -0.2) is 43.4 Å². The molecule has 0 spiro atoms. The lowest BCUT2D eigenvalue weighted by atomic mass is 9.90. The quantitative estimate of drug-likeness (QED) is 0.748. The number of benzene rings is 1. The summed E-state index contributed by atoms with van der Waals surface area (Å²) in [7, 11) is 4.85. The smallest absolute Gasteiger partial charge is 0.313 e. The molecule has 0 aromatic heterocycles. The Morgan fingerprint density at radius 1 is 1.08 bits per heavy atom. The Morgan fingerprint density at radius 2 is 1.79 bits per heavy atom. The topological polar surface area (TPSA) is 65.0 Å². The van der Waals surface area contributed by atoms with E-state index in [2.05, 4.69) is 0 Å². The summed E-state index contributed by atoms with van der Waals surface area (Å²) in [5, 5.41) is 9.31. The van der Waals surface area contributed by atoms with Crippen LogP contribution in [0.4, 0.5) is 0 Å². The van der Waals surface area contributed by atoms with Crippen LogP contribution < -0.4 is 14.2 Å². The third-order valence-corrected chi connectivity index (χ3v) is 5.91. The lowest BCUT2D eigenvalue weighted by molar-refractivity contribution is -0.133. The minimum Gasteiger partial charge on any atom is -0.493 e. The maximum Gasteiger partial charge on any atom is 0.313 e. The molecule has 1 aliphatic rings. The van der Waals surface area contributed by atoms with Crippen molar-refractivity contribution in [3.05, 3.63) is 17.7 Å². The number of methoxy groups -OCH3 is 3. The fourth-order valence-electron chi connectivity index (χ4n) is 3.42. The molecule has 0 heterocycles. The largest absolute Gasteiger partial charge is 0.493 e. The summed E-state index contributed by atoms with van der Waals surface area (Å²) in [6.45, 7) is 0. The van der Waals surface area contributed by atoms with Gasteiger partial charge in [-0.3, -0.25) is 4.79 Å². The second-order valence-corrected chi connectivity index (χ2v) is 7.14. The SMILES string of the molecule is COc1ccc([C@@H]2CCCCC[C@@H]2SCC(=O)O)c(OC)c1OC. The zero-order valence-electron chi connectivity index (χ0n) is 14.5. The van der Waals surface area contributed by atoms with Gasteiger partial charge in [0.2, 0.25) is 5.75 Å². The van der Waals surface area contributed by atoms with Crippen molar-refractivity contribution in [1.29, 1.82) is 0 Å². The van der Waals surface area contributed by atoms with E-state index in [0.717, 1.165) is 31.2 Å². The molecule has 1 N–H and O–H groups in total. The highest BCUT2D eigenvalue weighted by molar-refractivity contribution is 8.00. The van der Waals surface area contributed by atoms with E-state index >= 15 is 0 Å². The van der Waals surface area contributed by atoms with Gasteiger partial charge in [0.15, 0.2) is 11.5 Å². The zero-order valence-corrected chi connectivity index (χ0v) is 15.4. The van der Waals surface area contributed by atoms with Crippen LogP contribution in [-0.2, 0) is 4.79 Å². The van der Waals surface area contributed by atoms with E-state index < -0.39 is 5.97 Å². The molecule has 1 saturated carbocycles. The van der Waals surface area contributed by atoms with Crippen LogP contribution in [0.2, 0.25) is 0 Å². The Hall–Kier alpha value is -1.56. The van der Waals surface area contributed by atoms with Crippen molar-refractivity contribution in [3.8, 4) is 17.2 Å². The van der Waals surface area contributed by atoms with E-state index in [9.17, 15) is 4.79 Å². The molecule has 0 aliphatic heterocycles. The van der Waals surface area contributed by atoms with Gasteiger partial charge in [-0.1, -0.05) is 25.3 Å². The van der Waals surface area contributed by atoms with E-state index in [1.807, 2.05) is 12.1 Å². The van der Waals surface area contributed by atoms with E-state index in [1.165, 1.54) is 18.2 Å².